The van der Waals surface area contributed by atoms with Gasteiger partial charge in [0.2, 0.25) is 0 Å². The van der Waals surface area contributed by atoms with Crippen molar-refractivity contribution >= 4 is 0 Å². The van der Waals surface area contributed by atoms with Gasteiger partial charge in [0.1, 0.15) is 0 Å². The van der Waals surface area contributed by atoms with Crippen LogP contribution in [0.4, 0.5) is 0 Å². The minimum atomic E-state index is -0.121. The summed E-state index contributed by atoms with van der Waals surface area (Å²) in [7, 11) is 0. The molecule has 0 bridgehead atoms. The summed E-state index contributed by atoms with van der Waals surface area (Å²) in [6.07, 6.45) is 15.5. The van der Waals surface area contributed by atoms with Gasteiger partial charge in [-0.3, -0.25) is 0 Å². The van der Waals surface area contributed by atoms with Gasteiger partial charge >= 0.3 is 0 Å². The van der Waals surface area contributed by atoms with Crippen molar-refractivity contribution < 1.29 is 5.11 Å². The van der Waals surface area contributed by atoms with E-state index in [1.165, 1.54) is 57.8 Å². The monoisotopic (exact) mass is 358 g/mol. The number of hydrogen-bond acceptors (Lipinski definition) is 1. The molecule has 8 unspecified atom stereocenters. The molecule has 0 aromatic heterocycles. The predicted octanol–water partition coefficient (Wildman–Crippen LogP) is 6.61. The lowest BCUT2D eigenvalue weighted by atomic mass is 9.43. The Balaban J connectivity index is 1.61. The molecule has 4 rings (SSSR count). The molecule has 0 aromatic carbocycles. The third-order valence-electron chi connectivity index (χ3n) is 10.8. The van der Waals surface area contributed by atoms with Crippen LogP contribution in [0.25, 0.3) is 0 Å². The van der Waals surface area contributed by atoms with Crippen molar-refractivity contribution in [3.05, 3.63) is 12.7 Å². The van der Waals surface area contributed by atoms with E-state index in [1.54, 1.807) is 0 Å². The molecule has 148 valence electrons. The first-order valence-corrected chi connectivity index (χ1v) is 11.6. The highest BCUT2D eigenvalue weighted by molar-refractivity contribution is 5.13. The van der Waals surface area contributed by atoms with Crippen LogP contribution in [0, 0.1) is 45.8 Å². The van der Waals surface area contributed by atoms with Crippen molar-refractivity contribution in [1.29, 1.82) is 0 Å². The summed E-state index contributed by atoms with van der Waals surface area (Å²) in [6, 6.07) is 0. The average Bonchev–Trinajstić information content (AvgIpc) is 2.92. The van der Waals surface area contributed by atoms with Crippen LogP contribution in [0.1, 0.15) is 91.9 Å². The SMILES string of the molecule is C=CC1CCC2(C)C(CCC3C2CCC2(C)C3CC[C@@]2(C)C(O)CC)C1. The fraction of sp³-hybridized carbons (Fsp3) is 0.920. The molecule has 4 fully saturated rings. The Bertz CT molecular complexity index is 554. The number of allylic oxidation sites excluding steroid dienone is 1. The average molecular weight is 359 g/mol. The third-order valence-corrected chi connectivity index (χ3v) is 10.8. The molecule has 0 aliphatic heterocycles. The molecule has 0 heterocycles. The highest BCUT2D eigenvalue weighted by atomic mass is 16.3. The molecule has 1 heteroatoms. The smallest absolute Gasteiger partial charge is 0.0596 e. The van der Waals surface area contributed by atoms with Crippen molar-refractivity contribution in [2.45, 2.75) is 98.0 Å². The number of aliphatic hydroxyl groups excluding tert-OH is 1. The highest BCUT2D eigenvalue weighted by Crippen LogP contribution is 2.71. The van der Waals surface area contributed by atoms with Gasteiger partial charge in [-0.2, -0.15) is 0 Å². The number of aliphatic hydroxyl groups is 1. The van der Waals surface area contributed by atoms with Gasteiger partial charge in [-0.15, -0.1) is 6.58 Å². The Labute approximate surface area is 162 Å². The Morgan fingerprint density at radius 2 is 1.73 bits per heavy atom. The quantitative estimate of drug-likeness (QED) is 0.563. The van der Waals surface area contributed by atoms with Gasteiger partial charge in [0.05, 0.1) is 6.10 Å². The first-order chi connectivity index (χ1) is 12.3. The second-order valence-electron chi connectivity index (χ2n) is 11.3. The second-order valence-corrected chi connectivity index (χ2v) is 11.3. The van der Waals surface area contributed by atoms with Crippen LogP contribution in [0.3, 0.4) is 0 Å². The molecule has 4 aliphatic carbocycles. The van der Waals surface area contributed by atoms with E-state index in [1.807, 2.05) is 0 Å². The lowest BCUT2D eigenvalue weighted by molar-refractivity contribution is -0.145. The van der Waals surface area contributed by atoms with E-state index in [2.05, 4.69) is 40.3 Å². The van der Waals surface area contributed by atoms with E-state index in [0.717, 1.165) is 36.0 Å². The van der Waals surface area contributed by atoms with E-state index in [4.69, 9.17) is 0 Å². The molecule has 26 heavy (non-hydrogen) atoms. The van der Waals surface area contributed by atoms with Crippen LogP contribution in [0.2, 0.25) is 0 Å². The summed E-state index contributed by atoms with van der Waals surface area (Å²) in [5.41, 5.74) is 1.06. The number of fused-ring (bicyclic) bond motifs is 5. The normalized spacial score (nSPS) is 54.7. The number of hydrogen-bond donors (Lipinski definition) is 1. The molecular formula is C25H42O. The minimum Gasteiger partial charge on any atom is -0.393 e. The lowest BCUT2D eigenvalue weighted by Gasteiger charge is -2.62. The van der Waals surface area contributed by atoms with E-state index in [-0.39, 0.29) is 11.5 Å². The lowest BCUT2D eigenvalue weighted by Crippen LogP contribution is -2.56. The maximum atomic E-state index is 10.9. The Kier molecular flexibility index (Phi) is 4.66. The van der Waals surface area contributed by atoms with Crippen molar-refractivity contribution in [1.82, 2.24) is 0 Å². The molecule has 4 saturated carbocycles. The summed E-state index contributed by atoms with van der Waals surface area (Å²) in [5.74, 6) is 4.40. The van der Waals surface area contributed by atoms with Crippen LogP contribution < -0.4 is 0 Å². The summed E-state index contributed by atoms with van der Waals surface area (Å²) in [5, 5.41) is 10.9. The molecule has 0 amide bonds. The molecule has 0 aromatic rings. The van der Waals surface area contributed by atoms with Crippen LogP contribution in [-0.2, 0) is 0 Å². The van der Waals surface area contributed by atoms with Gasteiger partial charge in [0, 0.05) is 0 Å². The van der Waals surface area contributed by atoms with Crippen LogP contribution in [0.5, 0.6) is 0 Å². The molecule has 9 atom stereocenters. The zero-order valence-corrected chi connectivity index (χ0v) is 17.8. The first kappa shape index (κ1) is 19.0. The van der Waals surface area contributed by atoms with Gasteiger partial charge < -0.3 is 5.11 Å². The maximum absolute atomic E-state index is 10.9. The summed E-state index contributed by atoms with van der Waals surface area (Å²) in [6.45, 7) is 13.9. The Morgan fingerprint density at radius 3 is 2.42 bits per heavy atom. The van der Waals surface area contributed by atoms with Crippen LogP contribution in [-0.4, -0.2) is 11.2 Å². The zero-order chi connectivity index (χ0) is 18.7. The second kappa shape index (κ2) is 6.36. The molecule has 0 saturated heterocycles. The zero-order valence-electron chi connectivity index (χ0n) is 17.8. The van der Waals surface area contributed by atoms with Crippen molar-refractivity contribution in [3.63, 3.8) is 0 Å². The van der Waals surface area contributed by atoms with E-state index in [0.29, 0.717) is 10.8 Å². The molecule has 0 radical (unpaired) electrons. The fourth-order valence-electron chi connectivity index (χ4n) is 8.81. The topological polar surface area (TPSA) is 20.2 Å². The Hall–Kier alpha value is -0.300. The predicted molar refractivity (Wildman–Crippen MR) is 110 cm³/mol. The van der Waals surface area contributed by atoms with Gasteiger partial charge in [-0.25, -0.2) is 0 Å². The summed E-state index contributed by atoms with van der Waals surface area (Å²) in [4.78, 5) is 0. The number of rotatable bonds is 3. The molecule has 4 aliphatic rings. The van der Waals surface area contributed by atoms with Gasteiger partial charge in [-0.1, -0.05) is 33.8 Å². The molecule has 1 N–H and O–H groups in total. The fourth-order valence-corrected chi connectivity index (χ4v) is 8.81. The molecule has 1 nitrogen and oxygen atoms in total. The van der Waals surface area contributed by atoms with E-state index >= 15 is 0 Å². The largest absolute Gasteiger partial charge is 0.393 e. The van der Waals surface area contributed by atoms with E-state index < -0.39 is 0 Å². The molecular weight excluding hydrogens is 316 g/mol. The van der Waals surface area contributed by atoms with Gasteiger partial charge in [0.25, 0.3) is 0 Å². The van der Waals surface area contributed by atoms with Crippen LogP contribution >= 0.6 is 0 Å². The first-order valence-electron chi connectivity index (χ1n) is 11.6. The van der Waals surface area contributed by atoms with E-state index in [9.17, 15) is 5.11 Å². The van der Waals surface area contributed by atoms with Crippen LogP contribution in [0.15, 0.2) is 12.7 Å². The van der Waals surface area contributed by atoms with Crippen molar-refractivity contribution in [2.24, 2.45) is 45.8 Å². The highest BCUT2D eigenvalue weighted by Gasteiger charge is 2.64. The standard InChI is InChI=1S/C25H42O/c1-6-17-10-13-23(3)18(16-17)8-9-19-20(23)11-14-24(4)21(19)12-15-25(24,5)22(26)7-2/h6,17-22,26H,1,7-16H2,2-5H3/t17?,18?,19?,20?,21?,22?,23?,24?,25-/m0/s1. The minimum absolute atomic E-state index is 0.121. The maximum Gasteiger partial charge on any atom is 0.0596 e. The summed E-state index contributed by atoms with van der Waals surface area (Å²) >= 11 is 0. The third kappa shape index (κ3) is 2.38. The van der Waals surface area contributed by atoms with Crippen molar-refractivity contribution in [3.8, 4) is 0 Å². The van der Waals surface area contributed by atoms with Gasteiger partial charge in [0.15, 0.2) is 0 Å². The summed E-state index contributed by atoms with van der Waals surface area (Å²) < 4.78 is 0. The molecule has 0 spiro atoms. The Morgan fingerprint density at radius 1 is 1.00 bits per heavy atom. The van der Waals surface area contributed by atoms with Crippen molar-refractivity contribution in [2.75, 3.05) is 0 Å². The van der Waals surface area contributed by atoms with Gasteiger partial charge in [-0.05, 0) is 110 Å².